The Morgan fingerprint density at radius 1 is 1.18 bits per heavy atom. The number of amides is 1. The molecule has 1 atom stereocenters. The summed E-state index contributed by atoms with van der Waals surface area (Å²) in [5, 5.41) is 5.11. The van der Waals surface area contributed by atoms with Gasteiger partial charge in [-0.25, -0.2) is 4.79 Å². The molecule has 1 amide bonds. The summed E-state index contributed by atoms with van der Waals surface area (Å²) in [7, 11) is 0. The Bertz CT molecular complexity index is 849. The zero-order valence-electron chi connectivity index (χ0n) is 22.3. The molecule has 3 aliphatic rings. The molecule has 192 valence electrons. The van der Waals surface area contributed by atoms with Crippen LogP contribution < -0.4 is 4.90 Å². The van der Waals surface area contributed by atoms with Gasteiger partial charge in [-0.3, -0.25) is 9.58 Å². The molecule has 34 heavy (non-hydrogen) atoms. The molecule has 1 unspecified atom stereocenters. The van der Waals surface area contributed by atoms with Crippen LogP contribution in [-0.4, -0.2) is 88.3 Å². The lowest BCUT2D eigenvalue weighted by Gasteiger charge is -2.51. The summed E-state index contributed by atoms with van der Waals surface area (Å²) in [6, 6.07) is 3.76. The molecule has 3 saturated heterocycles. The first-order valence-corrected chi connectivity index (χ1v) is 13.1. The third-order valence-electron chi connectivity index (χ3n) is 7.72. The summed E-state index contributed by atoms with van der Waals surface area (Å²) >= 11 is 0. The molecular formula is C26H45N5O3. The van der Waals surface area contributed by atoms with Crippen LogP contribution in [-0.2, 0) is 9.47 Å². The minimum absolute atomic E-state index is 0.0483. The van der Waals surface area contributed by atoms with Crippen LogP contribution in [0.25, 0.3) is 0 Å². The Morgan fingerprint density at radius 3 is 2.38 bits per heavy atom. The zero-order chi connectivity index (χ0) is 24.7. The van der Waals surface area contributed by atoms with E-state index in [1.807, 2.05) is 25.7 Å². The second-order valence-electron chi connectivity index (χ2n) is 11.9. The molecular weight excluding hydrogens is 430 g/mol. The van der Waals surface area contributed by atoms with Crippen molar-refractivity contribution in [2.45, 2.75) is 103 Å². The molecule has 3 aliphatic heterocycles. The SMILES string of the molecule is CCN(C1COC1)C1CCN(c2cc(C)n(C3CCN(C(=O)OC(C)(C)C)CC3)n2)C(C)(C)C1. The Balaban J connectivity index is 1.39. The van der Waals surface area contributed by atoms with Crippen molar-refractivity contribution in [3.63, 3.8) is 0 Å². The number of hydrogen-bond donors (Lipinski definition) is 0. The Kier molecular flexibility index (Phi) is 7.21. The number of likely N-dealkylation sites (N-methyl/N-ethyl adjacent to an activating group) is 1. The second kappa shape index (κ2) is 9.69. The van der Waals surface area contributed by atoms with Crippen molar-refractivity contribution in [2.75, 3.05) is 44.3 Å². The smallest absolute Gasteiger partial charge is 0.410 e. The molecule has 3 fully saturated rings. The maximum absolute atomic E-state index is 12.4. The standard InChI is InChI=1S/C26H45N5O3/c1-8-29(22-17-33-18-22)21-11-14-30(26(6,7)16-21)23-15-19(2)31(27-23)20-9-12-28(13-10-20)24(32)34-25(3,4)5/h15,20-22H,8-14,16-18H2,1-7H3. The molecule has 0 aromatic carbocycles. The third-order valence-corrected chi connectivity index (χ3v) is 7.72. The normalized spacial score (nSPS) is 24.4. The van der Waals surface area contributed by atoms with Crippen molar-refractivity contribution in [2.24, 2.45) is 0 Å². The predicted octanol–water partition coefficient (Wildman–Crippen LogP) is 4.23. The lowest BCUT2D eigenvalue weighted by Crippen LogP contribution is -2.60. The number of hydrogen-bond acceptors (Lipinski definition) is 6. The van der Waals surface area contributed by atoms with Crippen LogP contribution in [0, 0.1) is 6.92 Å². The molecule has 8 heteroatoms. The number of nitrogens with zero attached hydrogens (tertiary/aromatic N) is 5. The number of rotatable bonds is 5. The highest BCUT2D eigenvalue weighted by Crippen LogP contribution is 2.36. The topological polar surface area (TPSA) is 63.1 Å². The molecule has 0 radical (unpaired) electrons. The first kappa shape index (κ1) is 25.3. The van der Waals surface area contributed by atoms with Gasteiger partial charge < -0.3 is 19.3 Å². The number of anilines is 1. The zero-order valence-corrected chi connectivity index (χ0v) is 22.3. The number of likely N-dealkylation sites (tertiary alicyclic amines) is 1. The summed E-state index contributed by atoms with van der Waals surface area (Å²) in [6.07, 6.45) is 3.90. The van der Waals surface area contributed by atoms with Crippen molar-refractivity contribution >= 4 is 11.9 Å². The number of carbonyl (C=O) groups excluding carboxylic acids is 1. The molecule has 4 rings (SSSR count). The predicted molar refractivity (Wildman–Crippen MR) is 134 cm³/mol. The van der Waals surface area contributed by atoms with Gasteiger partial charge in [0.25, 0.3) is 0 Å². The summed E-state index contributed by atoms with van der Waals surface area (Å²) in [4.78, 5) is 19.4. The molecule has 0 aliphatic carbocycles. The fourth-order valence-electron chi connectivity index (χ4n) is 5.90. The van der Waals surface area contributed by atoms with Crippen LogP contribution in [0.5, 0.6) is 0 Å². The highest BCUT2D eigenvalue weighted by Gasteiger charge is 2.41. The number of ether oxygens (including phenoxy) is 2. The molecule has 0 spiro atoms. The quantitative estimate of drug-likeness (QED) is 0.635. The summed E-state index contributed by atoms with van der Waals surface area (Å²) in [5.41, 5.74) is 0.791. The van der Waals surface area contributed by atoms with Crippen LogP contribution in [0.4, 0.5) is 10.6 Å². The lowest BCUT2D eigenvalue weighted by atomic mass is 9.85. The molecule has 4 heterocycles. The maximum atomic E-state index is 12.4. The van der Waals surface area contributed by atoms with Gasteiger partial charge >= 0.3 is 6.09 Å². The van der Waals surface area contributed by atoms with Crippen molar-refractivity contribution in [3.05, 3.63) is 11.8 Å². The van der Waals surface area contributed by atoms with Gasteiger partial charge in [0.2, 0.25) is 0 Å². The van der Waals surface area contributed by atoms with Gasteiger partial charge in [0, 0.05) is 43.0 Å². The van der Waals surface area contributed by atoms with Gasteiger partial charge in [-0.2, -0.15) is 5.10 Å². The molecule has 1 aromatic heterocycles. The maximum Gasteiger partial charge on any atom is 0.410 e. The van der Waals surface area contributed by atoms with E-state index in [9.17, 15) is 4.79 Å². The summed E-state index contributed by atoms with van der Waals surface area (Å²) in [6.45, 7) is 20.2. The van der Waals surface area contributed by atoms with Crippen LogP contribution in [0.15, 0.2) is 6.07 Å². The number of aryl methyl sites for hydroxylation is 1. The van der Waals surface area contributed by atoms with Crippen molar-refractivity contribution in [1.29, 1.82) is 0 Å². The summed E-state index contributed by atoms with van der Waals surface area (Å²) in [5.74, 6) is 1.09. The lowest BCUT2D eigenvalue weighted by molar-refractivity contribution is -0.0836. The van der Waals surface area contributed by atoms with Gasteiger partial charge in [0.15, 0.2) is 5.82 Å². The van der Waals surface area contributed by atoms with Gasteiger partial charge in [0.1, 0.15) is 5.60 Å². The van der Waals surface area contributed by atoms with E-state index in [-0.39, 0.29) is 11.6 Å². The molecule has 0 saturated carbocycles. The van der Waals surface area contributed by atoms with Crippen LogP contribution >= 0.6 is 0 Å². The molecule has 8 nitrogen and oxygen atoms in total. The number of carbonyl (C=O) groups is 1. The van der Waals surface area contributed by atoms with Gasteiger partial charge in [0.05, 0.1) is 25.3 Å². The highest BCUT2D eigenvalue weighted by molar-refractivity contribution is 5.68. The first-order valence-electron chi connectivity index (χ1n) is 13.1. The minimum Gasteiger partial charge on any atom is -0.444 e. The number of piperidine rings is 2. The third kappa shape index (κ3) is 5.38. The molecule has 1 aromatic rings. The Morgan fingerprint density at radius 2 is 1.85 bits per heavy atom. The highest BCUT2D eigenvalue weighted by atomic mass is 16.6. The van der Waals surface area contributed by atoms with E-state index >= 15 is 0 Å². The van der Waals surface area contributed by atoms with E-state index in [1.165, 1.54) is 5.69 Å². The van der Waals surface area contributed by atoms with E-state index in [0.717, 1.165) is 57.8 Å². The van der Waals surface area contributed by atoms with Gasteiger partial charge in [-0.1, -0.05) is 6.92 Å². The largest absolute Gasteiger partial charge is 0.444 e. The van der Waals surface area contributed by atoms with Crippen molar-refractivity contribution in [1.82, 2.24) is 19.6 Å². The van der Waals surface area contributed by atoms with Crippen LogP contribution in [0.3, 0.4) is 0 Å². The fourth-order valence-corrected chi connectivity index (χ4v) is 5.90. The van der Waals surface area contributed by atoms with E-state index in [2.05, 4.69) is 48.2 Å². The van der Waals surface area contributed by atoms with E-state index in [1.54, 1.807) is 0 Å². The van der Waals surface area contributed by atoms with E-state index in [4.69, 9.17) is 14.6 Å². The molecule has 0 bridgehead atoms. The minimum atomic E-state index is -0.457. The monoisotopic (exact) mass is 475 g/mol. The van der Waals surface area contributed by atoms with Crippen molar-refractivity contribution < 1.29 is 14.3 Å². The van der Waals surface area contributed by atoms with Gasteiger partial charge in [-0.15, -0.1) is 0 Å². The van der Waals surface area contributed by atoms with E-state index < -0.39 is 5.60 Å². The fraction of sp³-hybridized carbons (Fsp3) is 0.846. The average Bonchev–Trinajstić information content (AvgIpc) is 3.09. The second-order valence-corrected chi connectivity index (χ2v) is 11.9. The van der Waals surface area contributed by atoms with Crippen molar-refractivity contribution in [3.8, 4) is 0 Å². The summed E-state index contributed by atoms with van der Waals surface area (Å²) < 4.78 is 13.2. The Labute approximate surface area is 205 Å². The number of aromatic nitrogens is 2. The van der Waals surface area contributed by atoms with E-state index in [0.29, 0.717) is 31.2 Å². The van der Waals surface area contributed by atoms with Gasteiger partial charge in [-0.05, 0) is 73.8 Å². The Hall–Kier alpha value is -1.80. The molecule has 0 N–H and O–H groups in total. The van der Waals surface area contributed by atoms with Crippen LogP contribution in [0.2, 0.25) is 0 Å². The van der Waals surface area contributed by atoms with Crippen LogP contribution in [0.1, 0.15) is 79.0 Å². The average molecular weight is 476 g/mol. The first-order chi connectivity index (χ1) is 16.0.